The number of aryl methyl sites for hydroxylation is 1. The van der Waals surface area contributed by atoms with Crippen LogP contribution in [0.15, 0.2) is 18.2 Å². The molecular weight excluding hydrogens is 212 g/mol. The van der Waals surface area contributed by atoms with Crippen LogP contribution in [0.3, 0.4) is 0 Å². The van der Waals surface area contributed by atoms with Gasteiger partial charge in [0.25, 0.3) is 5.91 Å². The van der Waals surface area contributed by atoms with Gasteiger partial charge in [-0.25, -0.2) is 0 Å². The third-order valence-electron chi connectivity index (χ3n) is 3.54. The predicted molar refractivity (Wildman–Crippen MR) is 69.4 cm³/mol. The normalized spacial score (nSPS) is 16.8. The largest absolute Gasteiger partial charge is 0.355 e. The Morgan fingerprint density at radius 1 is 1.35 bits per heavy atom. The fourth-order valence-electron chi connectivity index (χ4n) is 2.43. The van der Waals surface area contributed by atoms with Crippen molar-refractivity contribution in [3.05, 3.63) is 34.9 Å². The van der Waals surface area contributed by atoms with Gasteiger partial charge in [-0.3, -0.25) is 4.79 Å². The van der Waals surface area contributed by atoms with Crippen LogP contribution in [0.25, 0.3) is 0 Å². The molecule has 0 aliphatic carbocycles. The van der Waals surface area contributed by atoms with Crippen LogP contribution in [0.4, 0.5) is 0 Å². The Hall–Kier alpha value is -1.35. The average molecular weight is 232 g/mol. The highest BCUT2D eigenvalue weighted by Crippen LogP contribution is 2.26. The SMILES string of the molecule is CNC(=O)c1cc(C2CCNCC2)ccc1C. The van der Waals surface area contributed by atoms with E-state index in [0.29, 0.717) is 5.92 Å². The monoisotopic (exact) mass is 232 g/mol. The lowest BCUT2D eigenvalue weighted by Crippen LogP contribution is -2.27. The molecule has 1 aliphatic heterocycles. The maximum absolute atomic E-state index is 11.7. The minimum atomic E-state index is 0.0123. The van der Waals surface area contributed by atoms with E-state index in [1.807, 2.05) is 6.92 Å². The summed E-state index contributed by atoms with van der Waals surface area (Å²) in [7, 11) is 1.68. The molecule has 0 spiro atoms. The van der Waals surface area contributed by atoms with Crippen molar-refractivity contribution in [2.45, 2.75) is 25.7 Å². The summed E-state index contributed by atoms with van der Waals surface area (Å²) in [4.78, 5) is 11.7. The van der Waals surface area contributed by atoms with Gasteiger partial charge >= 0.3 is 0 Å². The molecule has 1 amide bonds. The lowest BCUT2D eigenvalue weighted by atomic mass is 9.88. The predicted octanol–water partition coefficient (Wildman–Crippen LogP) is 1.82. The summed E-state index contributed by atoms with van der Waals surface area (Å²) in [5.41, 5.74) is 3.15. The second-order valence-corrected chi connectivity index (χ2v) is 4.68. The number of benzene rings is 1. The highest BCUT2D eigenvalue weighted by atomic mass is 16.1. The Morgan fingerprint density at radius 2 is 2.06 bits per heavy atom. The second-order valence-electron chi connectivity index (χ2n) is 4.68. The maximum atomic E-state index is 11.7. The summed E-state index contributed by atoms with van der Waals surface area (Å²) in [6.45, 7) is 4.14. The van der Waals surface area contributed by atoms with Gasteiger partial charge in [0.05, 0.1) is 0 Å². The van der Waals surface area contributed by atoms with Gasteiger partial charge in [-0.2, -0.15) is 0 Å². The Morgan fingerprint density at radius 3 is 2.71 bits per heavy atom. The van der Waals surface area contributed by atoms with Crippen LogP contribution in [-0.4, -0.2) is 26.0 Å². The first-order chi connectivity index (χ1) is 8.22. The number of hydrogen-bond donors (Lipinski definition) is 2. The minimum absolute atomic E-state index is 0.0123. The molecule has 1 fully saturated rings. The topological polar surface area (TPSA) is 41.1 Å². The number of piperidine rings is 1. The molecule has 0 saturated carbocycles. The van der Waals surface area contributed by atoms with E-state index in [1.165, 1.54) is 5.56 Å². The van der Waals surface area contributed by atoms with Crippen LogP contribution >= 0.6 is 0 Å². The molecule has 2 N–H and O–H groups in total. The molecule has 0 unspecified atom stereocenters. The van der Waals surface area contributed by atoms with Crippen molar-refractivity contribution in [3.63, 3.8) is 0 Å². The third-order valence-corrected chi connectivity index (χ3v) is 3.54. The van der Waals surface area contributed by atoms with Crippen molar-refractivity contribution in [3.8, 4) is 0 Å². The van der Waals surface area contributed by atoms with Crippen molar-refractivity contribution in [1.82, 2.24) is 10.6 Å². The third kappa shape index (κ3) is 2.67. The number of carbonyl (C=O) groups excluding carboxylic acids is 1. The molecule has 1 aromatic rings. The van der Waals surface area contributed by atoms with E-state index in [4.69, 9.17) is 0 Å². The maximum Gasteiger partial charge on any atom is 0.251 e. The highest BCUT2D eigenvalue weighted by molar-refractivity contribution is 5.95. The van der Waals surface area contributed by atoms with E-state index in [2.05, 4.69) is 28.8 Å². The molecule has 0 aromatic heterocycles. The van der Waals surface area contributed by atoms with Crippen molar-refractivity contribution in [2.24, 2.45) is 0 Å². The molecule has 0 radical (unpaired) electrons. The Balaban J connectivity index is 2.26. The molecule has 1 heterocycles. The number of carbonyl (C=O) groups is 1. The molecule has 1 aliphatic rings. The zero-order chi connectivity index (χ0) is 12.3. The van der Waals surface area contributed by atoms with E-state index < -0.39 is 0 Å². The minimum Gasteiger partial charge on any atom is -0.355 e. The first-order valence-corrected chi connectivity index (χ1v) is 6.25. The lowest BCUT2D eigenvalue weighted by molar-refractivity contribution is 0.0962. The molecular formula is C14H20N2O. The summed E-state index contributed by atoms with van der Waals surface area (Å²) < 4.78 is 0. The van der Waals surface area contributed by atoms with Crippen LogP contribution in [0.2, 0.25) is 0 Å². The molecule has 17 heavy (non-hydrogen) atoms. The van der Waals surface area contributed by atoms with Crippen LogP contribution in [0.1, 0.15) is 40.2 Å². The van der Waals surface area contributed by atoms with Crippen molar-refractivity contribution < 1.29 is 4.79 Å². The van der Waals surface area contributed by atoms with Gasteiger partial charge in [0.1, 0.15) is 0 Å². The Bertz CT molecular complexity index is 409. The molecule has 0 bridgehead atoms. The summed E-state index contributed by atoms with van der Waals surface area (Å²) in [5.74, 6) is 0.610. The number of nitrogens with one attached hydrogen (secondary N) is 2. The summed E-state index contributed by atoms with van der Waals surface area (Å²) in [5, 5.41) is 6.07. The zero-order valence-corrected chi connectivity index (χ0v) is 10.5. The van der Waals surface area contributed by atoms with Crippen LogP contribution in [0.5, 0.6) is 0 Å². The summed E-state index contributed by atoms with van der Waals surface area (Å²) >= 11 is 0. The lowest BCUT2D eigenvalue weighted by Gasteiger charge is -2.23. The van der Waals surface area contributed by atoms with Gasteiger partial charge in [0.15, 0.2) is 0 Å². The van der Waals surface area contributed by atoms with Gasteiger partial charge in [0, 0.05) is 12.6 Å². The molecule has 2 rings (SSSR count). The molecule has 92 valence electrons. The van der Waals surface area contributed by atoms with Crippen molar-refractivity contribution in [1.29, 1.82) is 0 Å². The molecule has 1 aromatic carbocycles. The molecule has 3 heteroatoms. The molecule has 0 atom stereocenters. The smallest absolute Gasteiger partial charge is 0.251 e. The van der Waals surface area contributed by atoms with Gasteiger partial charge in [-0.1, -0.05) is 12.1 Å². The van der Waals surface area contributed by atoms with E-state index in [-0.39, 0.29) is 5.91 Å². The standard InChI is InChI=1S/C14H20N2O/c1-10-3-4-12(9-13(10)14(17)15-2)11-5-7-16-8-6-11/h3-4,9,11,16H,5-8H2,1-2H3,(H,15,17). The first kappa shape index (κ1) is 12.1. The van der Waals surface area contributed by atoms with Crippen molar-refractivity contribution in [2.75, 3.05) is 20.1 Å². The van der Waals surface area contributed by atoms with Crippen LogP contribution < -0.4 is 10.6 Å². The number of hydrogen-bond acceptors (Lipinski definition) is 2. The zero-order valence-electron chi connectivity index (χ0n) is 10.5. The average Bonchev–Trinajstić information content (AvgIpc) is 2.39. The highest BCUT2D eigenvalue weighted by Gasteiger charge is 2.17. The van der Waals surface area contributed by atoms with E-state index in [1.54, 1.807) is 7.05 Å². The summed E-state index contributed by atoms with van der Waals surface area (Å²) in [6.07, 6.45) is 2.33. The summed E-state index contributed by atoms with van der Waals surface area (Å²) in [6, 6.07) is 6.28. The first-order valence-electron chi connectivity index (χ1n) is 6.25. The van der Waals surface area contributed by atoms with E-state index in [0.717, 1.165) is 37.1 Å². The molecule has 1 saturated heterocycles. The van der Waals surface area contributed by atoms with E-state index in [9.17, 15) is 4.79 Å². The van der Waals surface area contributed by atoms with Gasteiger partial charge in [0.2, 0.25) is 0 Å². The Kier molecular flexibility index (Phi) is 3.79. The van der Waals surface area contributed by atoms with E-state index >= 15 is 0 Å². The van der Waals surface area contributed by atoms with Gasteiger partial charge in [-0.05, 0) is 56.0 Å². The number of amides is 1. The second kappa shape index (κ2) is 5.32. The van der Waals surface area contributed by atoms with Crippen molar-refractivity contribution >= 4 is 5.91 Å². The van der Waals surface area contributed by atoms with Crippen LogP contribution in [0, 0.1) is 6.92 Å². The van der Waals surface area contributed by atoms with Gasteiger partial charge in [-0.15, -0.1) is 0 Å². The number of rotatable bonds is 2. The molecule has 3 nitrogen and oxygen atoms in total. The van der Waals surface area contributed by atoms with Gasteiger partial charge < -0.3 is 10.6 Å². The Labute approximate surface area is 103 Å². The quantitative estimate of drug-likeness (QED) is 0.816. The fraction of sp³-hybridized carbons (Fsp3) is 0.500. The van der Waals surface area contributed by atoms with Crippen LogP contribution in [-0.2, 0) is 0 Å². The fourth-order valence-corrected chi connectivity index (χ4v) is 2.43.